The number of hydrogen-bond donors (Lipinski definition) is 2. The van der Waals surface area contributed by atoms with Gasteiger partial charge in [-0.3, -0.25) is 4.79 Å². The van der Waals surface area contributed by atoms with Crippen LogP contribution in [0, 0.1) is 13.8 Å². The summed E-state index contributed by atoms with van der Waals surface area (Å²) in [5, 5.41) is 11.9. The summed E-state index contributed by atoms with van der Waals surface area (Å²) in [6.07, 6.45) is 0. The monoisotopic (exact) mass is 272 g/mol. The number of benzene rings is 1. The highest BCUT2D eigenvalue weighted by atomic mass is 16.4. The second-order valence-corrected chi connectivity index (χ2v) is 4.68. The number of carboxylic acid groups (broad SMARTS) is 1. The number of aryl methyl sites for hydroxylation is 2. The van der Waals surface area contributed by atoms with E-state index in [-0.39, 0.29) is 11.5 Å². The average molecular weight is 272 g/mol. The summed E-state index contributed by atoms with van der Waals surface area (Å²) in [5.41, 5.74) is 2.48. The van der Waals surface area contributed by atoms with Crippen molar-refractivity contribution in [1.29, 1.82) is 0 Å². The summed E-state index contributed by atoms with van der Waals surface area (Å²) in [4.78, 5) is 23.5. The van der Waals surface area contributed by atoms with Crippen LogP contribution in [-0.2, 0) is 7.05 Å². The molecule has 0 spiro atoms. The third-order valence-corrected chi connectivity index (χ3v) is 3.34. The lowest BCUT2D eigenvalue weighted by atomic mass is 10.1. The first kappa shape index (κ1) is 13.9. The molecule has 0 fully saturated rings. The van der Waals surface area contributed by atoms with E-state index >= 15 is 0 Å². The molecular weight excluding hydrogens is 256 g/mol. The predicted octanol–water partition coefficient (Wildman–Crippen LogP) is 2.59. The number of carboxylic acids is 1. The molecule has 0 aliphatic carbocycles. The van der Waals surface area contributed by atoms with Gasteiger partial charge in [0.05, 0.1) is 11.3 Å². The Balaban J connectivity index is 2.36. The van der Waals surface area contributed by atoms with E-state index in [1.807, 2.05) is 13.0 Å². The maximum Gasteiger partial charge on any atom is 0.338 e. The molecule has 0 aliphatic rings. The first-order valence-corrected chi connectivity index (χ1v) is 6.18. The topological polar surface area (TPSA) is 71.3 Å². The van der Waals surface area contributed by atoms with Gasteiger partial charge in [-0.1, -0.05) is 12.1 Å². The van der Waals surface area contributed by atoms with Crippen molar-refractivity contribution in [2.24, 2.45) is 7.05 Å². The Morgan fingerprint density at radius 1 is 1.15 bits per heavy atom. The van der Waals surface area contributed by atoms with Crippen molar-refractivity contribution >= 4 is 17.6 Å². The molecule has 0 unspecified atom stereocenters. The van der Waals surface area contributed by atoms with E-state index < -0.39 is 5.97 Å². The van der Waals surface area contributed by atoms with E-state index in [4.69, 9.17) is 0 Å². The van der Waals surface area contributed by atoms with Crippen molar-refractivity contribution in [3.8, 4) is 0 Å². The van der Waals surface area contributed by atoms with Crippen molar-refractivity contribution in [2.75, 3.05) is 5.32 Å². The van der Waals surface area contributed by atoms with Gasteiger partial charge in [-0.05, 0) is 37.6 Å². The second-order valence-electron chi connectivity index (χ2n) is 4.68. The average Bonchev–Trinajstić information content (AvgIpc) is 2.69. The summed E-state index contributed by atoms with van der Waals surface area (Å²) < 4.78 is 1.76. The van der Waals surface area contributed by atoms with Crippen LogP contribution in [0.2, 0.25) is 0 Å². The van der Waals surface area contributed by atoms with Gasteiger partial charge in [-0.25, -0.2) is 4.79 Å². The van der Waals surface area contributed by atoms with Gasteiger partial charge in [0.2, 0.25) is 0 Å². The van der Waals surface area contributed by atoms with E-state index in [0.717, 1.165) is 5.69 Å². The molecule has 1 amide bonds. The lowest BCUT2D eigenvalue weighted by molar-refractivity contribution is 0.0697. The quantitative estimate of drug-likeness (QED) is 0.902. The summed E-state index contributed by atoms with van der Waals surface area (Å²) in [6.45, 7) is 3.60. The minimum atomic E-state index is -1.05. The van der Waals surface area contributed by atoms with Crippen molar-refractivity contribution in [3.05, 3.63) is 52.8 Å². The Labute approximate surface area is 116 Å². The van der Waals surface area contributed by atoms with Gasteiger partial charge >= 0.3 is 5.97 Å². The number of amides is 1. The molecule has 5 heteroatoms. The Hall–Kier alpha value is -2.56. The van der Waals surface area contributed by atoms with Gasteiger partial charge in [0, 0.05) is 12.7 Å². The number of anilines is 1. The Kier molecular flexibility index (Phi) is 3.61. The molecule has 0 bridgehead atoms. The van der Waals surface area contributed by atoms with Crippen LogP contribution in [0.5, 0.6) is 0 Å². The number of aromatic carboxylic acids is 1. The van der Waals surface area contributed by atoms with Crippen LogP contribution in [0.4, 0.5) is 5.69 Å². The second kappa shape index (κ2) is 5.21. The molecule has 0 saturated carbocycles. The lowest BCUT2D eigenvalue weighted by Crippen LogP contribution is -2.18. The molecule has 1 aromatic heterocycles. The molecule has 104 valence electrons. The number of carbonyl (C=O) groups excluding carboxylic acids is 1. The maximum absolute atomic E-state index is 12.2. The molecule has 0 saturated heterocycles. The fraction of sp³-hybridized carbons (Fsp3) is 0.200. The molecular formula is C15H16N2O3. The fourth-order valence-electron chi connectivity index (χ4n) is 2.08. The normalized spacial score (nSPS) is 10.3. The minimum Gasteiger partial charge on any atom is -0.478 e. The van der Waals surface area contributed by atoms with Crippen molar-refractivity contribution in [3.63, 3.8) is 0 Å². The van der Waals surface area contributed by atoms with Crippen LogP contribution in [0.3, 0.4) is 0 Å². The van der Waals surface area contributed by atoms with Crippen molar-refractivity contribution in [2.45, 2.75) is 13.8 Å². The zero-order chi connectivity index (χ0) is 14.9. The highest BCUT2D eigenvalue weighted by Gasteiger charge is 2.17. The molecule has 20 heavy (non-hydrogen) atoms. The number of rotatable bonds is 3. The SMILES string of the molecule is Cc1cccc(NC(=O)c2ccc(C)n2C)c1C(=O)O. The smallest absolute Gasteiger partial charge is 0.338 e. The fourth-order valence-corrected chi connectivity index (χ4v) is 2.08. The molecule has 1 aromatic carbocycles. The standard InChI is InChI=1S/C15H16N2O3/c1-9-5-4-6-11(13(9)15(19)20)16-14(18)12-8-7-10(2)17(12)3/h4-8H,1-3H3,(H,16,18)(H,19,20). The van der Waals surface area contributed by atoms with E-state index in [2.05, 4.69) is 5.32 Å². The molecule has 2 rings (SSSR count). The zero-order valence-corrected chi connectivity index (χ0v) is 11.6. The van der Waals surface area contributed by atoms with Gasteiger partial charge in [0.1, 0.15) is 5.69 Å². The summed E-state index contributed by atoms with van der Waals surface area (Å²) in [5.74, 6) is -1.38. The van der Waals surface area contributed by atoms with E-state index in [1.165, 1.54) is 0 Å². The molecule has 0 atom stereocenters. The molecule has 2 N–H and O–H groups in total. The first-order chi connectivity index (χ1) is 9.41. The maximum atomic E-state index is 12.2. The van der Waals surface area contributed by atoms with Gasteiger partial charge < -0.3 is 15.0 Å². The zero-order valence-electron chi connectivity index (χ0n) is 11.6. The van der Waals surface area contributed by atoms with Crippen LogP contribution in [-0.4, -0.2) is 21.6 Å². The Morgan fingerprint density at radius 3 is 2.40 bits per heavy atom. The Morgan fingerprint density at radius 2 is 1.85 bits per heavy atom. The Bertz CT molecular complexity index is 686. The molecule has 2 aromatic rings. The third kappa shape index (κ3) is 2.42. The summed E-state index contributed by atoms with van der Waals surface area (Å²) in [7, 11) is 1.79. The van der Waals surface area contributed by atoms with E-state index in [0.29, 0.717) is 16.9 Å². The predicted molar refractivity (Wildman–Crippen MR) is 76.2 cm³/mol. The van der Waals surface area contributed by atoms with Gasteiger partial charge in [-0.15, -0.1) is 0 Å². The number of nitrogens with one attached hydrogen (secondary N) is 1. The van der Waals surface area contributed by atoms with Crippen molar-refractivity contribution < 1.29 is 14.7 Å². The summed E-state index contributed by atoms with van der Waals surface area (Å²) in [6, 6.07) is 8.55. The highest BCUT2D eigenvalue weighted by molar-refractivity contribution is 6.07. The molecule has 0 radical (unpaired) electrons. The van der Waals surface area contributed by atoms with Crippen molar-refractivity contribution in [1.82, 2.24) is 4.57 Å². The number of hydrogen-bond acceptors (Lipinski definition) is 2. The third-order valence-electron chi connectivity index (χ3n) is 3.34. The molecule has 1 heterocycles. The van der Waals surface area contributed by atoms with Crippen LogP contribution in [0.1, 0.15) is 32.1 Å². The van der Waals surface area contributed by atoms with E-state index in [9.17, 15) is 14.7 Å². The van der Waals surface area contributed by atoms with E-state index in [1.54, 1.807) is 42.8 Å². The van der Waals surface area contributed by atoms with Gasteiger partial charge in [0.15, 0.2) is 0 Å². The largest absolute Gasteiger partial charge is 0.478 e. The molecule has 0 aliphatic heterocycles. The first-order valence-electron chi connectivity index (χ1n) is 6.18. The van der Waals surface area contributed by atoms with Crippen LogP contribution in [0.15, 0.2) is 30.3 Å². The summed E-state index contributed by atoms with van der Waals surface area (Å²) >= 11 is 0. The van der Waals surface area contributed by atoms with Crippen LogP contribution >= 0.6 is 0 Å². The highest BCUT2D eigenvalue weighted by Crippen LogP contribution is 2.20. The van der Waals surface area contributed by atoms with Gasteiger partial charge in [0.25, 0.3) is 5.91 Å². The van der Waals surface area contributed by atoms with Gasteiger partial charge in [-0.2, -0.15) is 0 Å². The number of nitrogens with zero attached hydrogens (tertiary/aromatic N) is 1. The van der Waals surface area contributed by atoms with Crippen LogP contribution < -0.4 is 5.32 Å². The lowest BCUT2D eigenvalue weighted by Gasteiger charge is -2.11. The van der Waals surface area contributed by atoms with Crippen LogP contribution in [0.25, 0.3) is 0 Å². The number of aromatic nitrogens is 1. The molecule has 5 nitrogen and oxygen atoms in total. The number of carbonyl (C=O) groups is 2. The minimum absolute atomic E-state index is 0.117.